The van der Waals surface area contributed by atoms with Gasteiger partial charge in [0, 0.05) is 19.2 Å². The van der Waals surface area contributed by atoms with Crippen LogP contribution in [0.4, 0.5) is 5.95 Å². The Bertz CT molecular complexity index is 938. The fourth-order valence-electron chi connectivity index (χ4n) is 3.05. The third-order valence-electron chi connectivity index (χ3n) is 4.33. The fourth-order valence-corrected chi connectivity index (χ4v) is 3.05. The van der Waals surface area contributed by atoms with Crippen LogP contribution in [0, 0.1) is 0 Å². The van der Waals surface area contributed by atoms with Gasteiger partial charge in [-0.15, -0.1) is 12.4 Å². The van der Waals surface area contributed by atoms with Crippen molar-refractivity contribution < 1.29 is 14.3 Å². The first-order valence-electron chi connectivity index (χ1n) is 8.51. The molecule has 2 aromatic carbocycles. The number of nitrogens with zero attached hydrogens (tertiary/aromatic N) is 2. The van der Waals surface area contributed by atoms with E-state index in [0.29, 0.717) is 19.1 Å². The summed E-state index contributed by atoms with van der Waals surface area (Å²) in [5.74, 6) is 0.979. The van der Waals surface area contributed by atoms with E-state index in [1.165, 1.54) is 0 Å². The van der Waals surface area contributed by atoms with E-state index in [2.05, 4.69) is 15.6 Å². The van der Waals surface area contributed by atoms with Crippen molar-refractivity contribution in [1.82, 2.24) is 14.9 Å². The molecule has 1 aliphatic heterocycles. The van der Waals surface area contributed by atoms with E-state index in [4.69, 9.17) is 9.47 Å². The number of aromatic nitrogens is 2. The number of carbonyl (C=O) groups is 1. The van der Waals surface area contributed by atoms with Gasteiger partial charge in [0.15, 0.2) is 0 Å². The highest BCUT2D eigenvalue weighted by Gasteiger charge is 2.24. The molecule has 1 fully saturated rings. The summed E-state index contributed by atoms with van der Waals surface area (Å²) in [5, 5.41) is 6.07. The second-order valence-corrected chi connectivity index (χ2v) is 6.01. The van der Waals surface area contributed by atoms with Crippen molar-refractivity contribution in [2.45, 2.75) is 6.10 Å². The van der Waals surface area contributed by atoms with E-state index >= 15 is 0 Å². The largest absolute Gasteiger partial charge is 0.497 e. The highest BCUT2D eigenvalue weighted by atomic mass is 35.5. The minimum absolute atomic E-state index is 0. The Labute approximate surface area is 163 Å². The van der Waals surface area contributed by atoms with Gasteiger partial charge in [0.1, 0.15) is 11.9 Å². The van der Waals surface area contributed by atoms with Crippen molar-refractivity contribution in [2.24, 2.45) is 0 Å². The van der Waals surface area contributed by atoms with Crippen LogP contribution in [0.15, 0.2) is 48.5 Å². The second kappa shape index (κ2) is 8.39. The highest BCUT2D eigenvalue weighted by molar-refractivity contribution is 5.95. The summed E-state index contributed by atoms with van der Waals surface area (Å²) in [6.07, 6.45) is -0.526. The van der Waals surface area contributed by atoms with Crippen LogP contribution in [0.3, 0.4) is 0 Å². The van der Waals surface area contributed by atoms with Crippen molar-refractivity contribution in [3.63, 3.8) is 0 Å². The van der Waals surface area contributed by atoms with Crippen LogP contribution in [0.2, 0.25) is 0 Å². The molecule has 2 N–H and O–H groups in total. The SMILES string of the molecule is COc1cccc(-n2c(NC(=O)C3CNCCO3)nc3ccccc32)c1.Cl. The number of hydrogen-bond acceptors (Lipinski definition) is 5. The molecule has 4 rings (SSSR count). The minimum Gasteiger partial charge on any atom is -0.497 e. The van der Waals surface area contributed by atoms with Gasteiger partial charge in [-0.3, -0.25) is 14.7 Å². The topological polar surface area (TPSA) is 77.4 Å². The predicted molar refractivity (Wildman–Crippen MR) is 106 cm³/mol. The molecule has 1 aromatic heterocycles. The van der Waals surface area contributed by atoms with E-state index in [9.17, 15) is 4.79 Å². The lowest BCUT2D eigenvalue weighted by atomic mass is 10.2. The maximum absolute atomic E-state index is 12.6. The summed E-state index contributed by atoms with van der Waals surface area (Å²) in [6, 6.07) is 15.4. The fraction of sp³-hybridized carbons (Fsp3) is 0.263. The number of imidazole rings is 1. The van der Waals surface area contributed by atoms with E-state index in [1.54, 1.807) is 7.11 Å². The van der Waals surface area contributed by atoms with Gasteiger partial charge < -0.3 is 14.8 Å². The van der Waals surface area contributed by atoms with Gasteiger partial charge in [-0.25, -0.2) is 4.98 Å². The molecule has 0 bridgehead atoms. The first kappa shape index (κ1) is 19.2. The number of para-hydroxylation sites is 2. The van der Waals surface area contributed by atoms with Gasteiger partial charge in [0.25, 0.3) is 5.91 Å². The first-order chi connectivity index (χ1) is 12.8. The van der Waals surface area contributed by atoms with Crippen molar-refractivity contribution >= 4 is 35.3 Å². The minimum atomic E-state index is -0.526. The average molecular weight is 389 g/mol. The maximum atomic E-state index is 12.6. The summed E-state index contributed by atoms with van der Waals surface area (Å²) >= 11 is 0. The molecule has 27 heavy (non-hydrogen) atoms. The molecular formula is C19H21ClN4O3. The van der Waals surface area contributed by atoms with Crippen LogP contribution in [0.1, 0.15) is 0 Å². The van der Waals surface area contributed by atoms with Gasteiger partial charge in [0.2, 0.25) is 5.95 Å². The van der Waals surface area contributed by atoms with Crippen molar-refractivity contribution in [1.29, 1.82) is 0 Å². The number of amides is 1. The zero-order valence-electron chi connectivity index (χ0n) is 14.8. The number of rotatable bonds is 4. The zero-order chi connectivity index (χ0) is 17.9. The Morgan fingerprint density at radius 1 is 1.30 bits per heavy atom. The number of nitrogens with one attached hydrogen (secondary N) is 2. The summed E-state index contributed by atoms with van der Waals surface area (Å²) in [6.45, 7) is 1.77. The standard InChI is InChI=1S/C19H20N4O3.ClH/c1-25-14-6-4-5-13(11-14)23-16-8-3-2-7-15(16)21-19(23)22-18(24)17-12-20-9-10-26-17;/h2-8,11,17,20H,9-10,12H2,1H3,(H,21,22,24);1H. The van der Waals surface area contributed by atoms with Crippen molar-refractivity contribution in [3.8, 4) is 11.4 Å². The molecule has 1 atom stereocenters. The molecule has 1 amide bonds. The number of hydrogen-bond donors (Lipinski definition) is 2. The van der Waals surface area contributed by atoms with E-state index in [-0.39, 0.29) is 18.3 Å². The molecule has 3 aromatic rings. The summed E-state index contributed by atoms with van der Waals surface area (Å²) in [7, 11) is 1.63. The molecule has 2 heterocycles. The number of benzene rings is 2. The number of halogens is 1. The number of ether oxygens (including phenoxy) is 2. The van der Waals surface area contributed by atoms with Crippen LogP contribution >= 0.6 is 12.4 Å². The lowest BCUT2D eigenvalue weighted by Crippen LogP contribution is -2.45. The molecule has 0 saturated carbocycles. The van der Waals surface area contributed by atoms with E-state index in [1.807, 2.05) is 53.1 Å². The molecule has 0 spiro atoms. The van der Waals surface area contributed by atoms with Crippen LogP contribution in [-0.2, 0) is 9.53 Å². The van der Waals surface area contributed by atoms with E-state index in [0.717, 1.165) is 29.0 Å². The Morgan fingerprint density at radius 2 is 2.15 bits per heavy atom. The number of carbonyl (C=O) groups excluding carboxylic acids is 1. The van der Waals surface area contributed by atoms with Gasteiger partial charge in [-0.05, 0) is 24.3 Å². The van der Waals surface area contributed by atoms with E-state index < -0.39 is 6.10 Å². The second-order valence-electron chi connectivity index (χ2n) is 6.01. The Kier molecular flexibility index (Phi) is 5.95. The molecule has 0 aliphatic carbocycles. The van der Waals surface area contributed by atoms with Gasteiger partial charge >= 0.3 is 0 Å². The summed E-state index contributed by atoms with van der Waals surface area (Å²) in [4.78, 5) is 17.2. The molecule has 7 nitrogen and oxygen atoms in total. The molecular weight excluding hydrogens is 368 g/mol. The lowest BCUT2D eigenvalue weighted by molar-refractivity contribution is -0.128. The monoisotopic (exact) mass is 388 g/mol. The molecule has 1 aliphatic rings. The quantitative estimate of drug-likeness (QED) is 0.717. The van der Waals surface area contributed by atoms with Crippen molar-refractivity contribution in [3.05, 3.63) is 48.5 Å². The summed E-state index contributed by atoms with van der Waals surface area (Å²) in [5.41, 5.74) is 2.56. The molecule has 1 unspecified atom stereocenters. The van der Waals surface area contributed by atoms with Gasteiger partial charge in [-0.1, -0.05) is 18.2 Å². The average Bonchev–Trinajstić information content (AvgIpc) is 3.06. The first-order valence-corrected chi connectivity index (χ1v) is 8.51. The smallest absolute Gasteiger partial charge is 0.257 e. The Morgan fingerprint density at radius 3 is 2.93 bits per heavy atom. The molecule has 8 heteroatoms. The third-order valence-corrected chi connectivity index (χ3v) is 4.33. The highest BCUT2D eigenvalue weighted by Crippen LogP contribution is 2.27. The lowest BCUT2D eigenvalue weighted by Gasteiger charge is -2.22. The molecule has 0 radical (unpaired) electrons. The summed E-state index contributed by atoms with van der Waals surface area (Å²) < 4.78 is 12.8. The zero-order valence-corrected chi connectivity index (χ0v) is 15.7. The molecule has 1 saturated heterocycles. The van der Waals surface area contributed by atoms with Crippen LogP contribution in [0.5, 0.6) is 5.75 Å². The number of anilines is 1. The normalized spacial score (nSPS) is 16.6. The number of methoxy groups -OCH3 is 1. The molecule has 142 valence electrons. The van der Waals surface area contributed by atoms with Crippen LogP contribution in [0.25, 0.3) is 16.7 Å². The third kappa shape index (κ3) is 3.90. The van der Waals surface area contributed by atoms with Crippen molar-refractivity contribution in [2.75, 3.05) is 32.1 Å². The van der Waals surface area contributed by atoms with Crippen LogP contribution in [-0.4, -0.2) is 48.4 Å². The van der Waals surface area contributed by atoms with Gasteiger partial charge in [0.05, 0.1) is 30.4 Å². The Balaban J connectivity index is 0.00000210. The van der Waals surface area contributed by atoms with Gasteiger partial charge in [-0.2, -0.15) is 0 Å². The number of morpholine rings is 1. The maximum Gasteiger partial charge on any atom is 0.257 e. The van der Waals surface area contributed by atoms with Crippen LogP contribution < -0.4 is 15.4 Å². The predicted octanol–water partition coefficient (Wildman–Crippen LogP) is 2.38. The number of fused-ring (bicyclic) bond motifs is 1. The Hall–Kier alpha value is -2.61.